The maximum Gasteiger partial charge on any atom is 0.333 e. The number of benzene rings is 1. The number of hydrogen-bond donors (Lipinski definition) is 1. The van der Waals surface area contributed by atoms with Gasteiger partial charge in [-0.2, -0.15) is 13.9 Å². The predicted octanol–water partition coefficient (Wildman–Crippen LogP) is 3.48. The van der Waals surface area contributed by atoms with Crippen LogP contribution in [-0.2, 0) is 4.79 Å². The summed E-state index contributed by atoms with van der Waals surface area (Å²) in [6.07, 6.45) is 0. The second-order valence-corrected chi connectivity index (χ2v) is 6.74. The number of alkyl halides is 2. The van der Waals surface area contributed by atoms with Gasteiger partial charge in [0.05, 0.1) is 22.3 Å². The number of aromatic nitrogens is 2. The van der Waals surface area contributed by atoms with E-state index in [1.54, 1.807) is 11.9 Å². The van der Waals surface area contributed by atoms with Crippen LogP contribution in [0.15, 0.2) is 24.3 Å². The van der Waals surface area contributed by atoms with E-state index in [0.717, 1.165) is 6.07 Å². The molecule has 0 radical (unpaired) electrons. The third kappa shape index (κ3) is 3.53. The molecule has 10 heteroatoms. The number of hydrogen-bond acceptors (Lipinski definition) is 3. The van der Waals surface area contributed by atoms with Crippen LogP contribution in [0.3, 0.4) is 0 Å². The molecule has 0 spiro atoms. The van der Waals surface area contributed by atoms with Gasteiger partial charge in [-0.05, 0) is 25.1 Å². The molecule has 5 nitrogen and oxygen atoms in total. The van der Waals surface area contributed by atoms with Crippen molar-refractivity contribution in [2.24, 2.45) is 5.92 Å². The van der Waals surface area contributed by atoms with Crippen LogP contribution in [0, 0.1) is 24.5 Å². The first-order valence-electron chi connectivity index (χ1n) is 8.04. The van der Waals surface area contributed by atoms with Crippen molar-refractivity contribution < 1.29 is 22.4 Å². The lowest BCUT2D eigenvalue weighted by Gasteiger charge is -2.17. The number of thiocarbonyl (C=S) groups is 1. The van der Waals surface area contributed by atoms with Crippen LogP contribution in [0.1, 0.15) is 23.9 Å². The van der Waals surface area contributed by atoms with Crippen LogP contribution in [0.2, 0.25) is 0 Å². The summed E-state index contributed by atoms with van der Waals surface area (Å²) in [4.78, 5) is 14.7. The van der Waals surface area contributed by atoms with Crippen molar-refractivity contribution in [3.63, 3.8) is 0 Å². The summed E-state index contributed by atoms with van der Waals surface area (Å²) in [6, 6.07) is 4.89. The lowest BCUT2D eigenvalue weighted by molar-refractivity contribution is -0.118. The van der Waals surface area contributed by atoms with Crippen LogP contribution in [-0.4, -0.2) is 39.2 Å². The molecule has 1 aliphatic rings. The number of nitrogens with zero attached hydrogens (tertiary/aromatic N) is 3. The normalized spacial score (nSPS) is 19.8. The van der Waals surface area contributed by atoms with E-state index in [0.29, 0.717) is 16.9 Å². The molecule has 1 fully saturated rings. The molecule has 3 rings (SSSR count). The lowest BCUT2D eigenvalue weighted by Crippen LogP contribution is -2.32. The molecule has 2 unspecified atom stereocenters. The van der Waals surface area contributed by atoms with Crippen molar-refractivity contribution in [2.45, 2.75) is 19.4 Å². The van der Waals surface area contributed by atoms with E-state index >= 15 is 0 Å². The van der Waals surface area contributed by atoms with Gasteiger partial charge in [0.25, 0.3) is 0 Å². The zero-order chi connectivity index (χ0) is 19.9. The van der Waals surface area contributed by atoms with Crippen molar-refractivity contribution in [2.75, 3.05) is 18.9 Å². The predicted molar refractivity (Wildman–Crippen MR) is 94.7 cm³/mol. The molecule has 1 aromatic carbocycles. The van der Waals surface area contributed by atoms with Crippen LogP contribution >= 0.6 is 12.2 Å². The van der Waals surface area contributed by atoms with E-state index in [9.17, 15) is 22.4 Å². The summed E-state index contributed by atoms with van der Waals surface area (Å²) >= 11 is 5.30. The van der Waals surface area contributed by atoms with Gasteiger partial charge in [0, 0.05) is 25.2 Å². The Bertz CT molecular complexity index is 901. The molecule has 27 heavy (non-hydrogen) atoms. The van der Waals surface area contributed by atoms with Gasteiger partial charge in [0.2, 0.25) is 5.91 Å². The van der Waals surface area contributed by atoms with Crippen molar-refractivity contribution in [3.05, 3.63) is 47.3 Å². The van der Waals surface area contributed by atoms with Gasteiger partial charge in [-0.25, -0.2) is 13.5 Å². The maximum atomic E-state index is 13.9. The van der Waals surface area contributed by atoms with Gasteiger partial charge < -0.3 is 10.2 Å². The van der Waals surface area contributed by atoms with E-state index in [-0.39, 0.29) is 16.4 Å². The number of halogens is 4. The summed E-state index contributed by atoms with van der Waals surface area (Å²) < 4.78 is 53.8. The summed E-state index contributed by atoms with van der Waals surface area (Å²) in [6.45, 7) is -1.03. The first kappa shape index (κ1) is 19.3. The molecule has 0 bridgehead atoms. The van der Waals surface area contributed by atoms with Crippen molar-refractivity contribution in [1.29, 1.82) is 0 Å². The van der Waals surface area contributed by atoms with Gasteiger partial charge in [0.15, 0.2) is 11.6 Å². The van der Waals surface area contributed by atoms with Crippen LogP contribution < -0.4 is 5.32 Å². The van der Waals surface area contributed by atoms with Crippen molar-refractivity contribution in [3.8, 4) is 0 Å². The number of likely N-dealkylation sites (N-methyl/N-ethyl adjacent to an activating group) is 1. The van der Waals surface area contributed by atoms with Crippen molar-refractivity contribution in [1.82, 2.24) is 14.7 Å². The zero-order valence-corrected chi connectivity index (χ0v) is 15.2. The third-order valence-electron chi connectivity index (χ3n) is 4.51. The summed E-state index contributed by atoms with van der Waals surface area (Å²) in [5, 5.41) is 6.23. The van der Waals surface area contributed by atoms with Gasteiger partial charge in [-0.3, -0.25) is 4.79 Å². The van der Waals surface area contributed by atoms with E-state index in [1.807, 2.05) is 0 Å². The number of likely N-dealkylation sites (tertiary alicyclic amines) is 1. The lowest BCUT2D eigenvalue weighted by atomic mass is 9.92. The van der Waals surface area contributed by atoms with E-state index in [2.05, 4.69) is 10.4 Å². The monoisotopic (exact) mass is 400 g/mol. The number of carbonyl (C=O) groups excluding carboxylic acids is 1. The smallest absolute Gasteiger partial charge is 0.333 e. The fraction of sp³-hybridized carbons (Fsp3) is 0.353. The van der Waals surface area contributed by atoms with E-state index < -0.39 is 35.9 Å². The number of nitrogens with one attached hydrogen (secondary N) is 1. The molecule has 1 aliphatic heterocycles. The Morgan fingerprint density at radius 1 is 1.37 bits per heavy atom. The fourth-order valence-corrected chi connectivity index (χ4v) is 3.51. The average Bonchev–Trinajstić information content (AvgIpc) is 3.12. The minimum Gasteiger partial charge on any atom is -0.368 e. The first-order chi connectivity index (χ1) is 12.7. The number of amides is 1. The molecule has 0 aliphatic carbocycles. The standard InChI is InChI=1S/C17H16F4N4OS/c1-8-6-12(23-25(8)17(20)21)9-7-24(2)16(27)13(9)15(26)22-11-5-3-4-10(18)14(11)19/h3-6,9,13,17H,7H2,1-2H3,(H,22,26). The maximum absolute atomic E-state index is 13.9. The Morgan fingerprint density at radius 3 is 2.70 bits per heavy atom. The Kier molecular flexibility index (Phi) is 5.18. The topological polar surface area (TPSA) is 50.2 Å². The molecule has 0 saturated carbocycles. The molecule has 144 valence electrons. The van der Waals surface area contributed by atoms with Gasteiger partial charge in [0.1, 0.15) is 0 Å². The van der Waals surface area contributed by atoms with Gasteiger partial charge in [-0.15, -0.1) is 0 Å². The number of carbonyl (C=O) groups is 1. The Hall–Kier alpha value is -2.49. The SMILES string of the molecule is Cc1cc(C2CN(C)C(=S)C2C(=O)Nc2cccc(F)c2F)nn1C(F)F. The highest BCUT2D eigenvalue weighted by Crippen LogP contribution is 2.35. The Labute approximate surface area is 158 Å². The zero-order valence-electron chi connectivity index (χ0n) is 14.4. The van der Waals surface area contributed by atoms with Crippen LogP contribution in [0.4, 0.5) is 23.2 Å². The molecular weight excluding hydrogens is 384 g/mol. The highest BCUT2D eigenvalue weighted by molar-refractivity contribution is 7.80. The number of rotatable bonds is 4. The average molecular weight is 400 g/mol. The second-order valence-electron chi connectivity index (χ2n) is 6.33. The second kappa shape index (κ2) is 7.26. The largest absolute Gasteiger partial charge is 0.368 e. The molecule has 2 heterocycles. The van der Waals surface area contributed by atoms with E-state index in [4.69, 9.17) is 12.2 Å². The Balaban J connectivity index is 1.91. The highest BCUT2D eigenvalue weighted by Gasteiger charge is 2.43. The minimum atomic E-state index is -2.81. The molecule has 1 amide bonds. The van der Waals surface area contributed by atoms with Gasteiger partial charge >= 0.3 is 6.55 Å². The fourth-order valence-electron chi connectivity index (χ4n) is 3.16. The highest BCUT2D eigenvalue weighted by atomic mass is 32.1. The molecule has 1 N–H and O–H groups in total. The molecule has 1 aromatic heterocycles. The van der Waals surface area contributed by atoms with Crippen LogP contribution in [0.25, 0.3) is 0 Å². The summed E-state index contributed by atoms with van der Waals surface area (Å²) in [7, 11) is 1.67. The Morgan fingerprint density at radius 2 is 2.07 bits per heavy atom. The summed E-state index contributed by atoms with van der Waals surface area (Å²) in [5.74, 6) is -4.44. The number of aryl methyl sites for hydroxylation is 1. The van der Waals surface area contributed by atoms with Crippen LogP contribution in [0.5, 0.6) is 0 Å². The van der Waals surface area contributed by atoms with Gasteiger partial charge in [-0.1, -0.05) is 18.3 Å². The molecule has 1 saturated heterocycles. The molecule has 2 aromatic rings. The summed E-state index contributed by atoms with van der Waals surface area (Å²) in [5.41, 5.74) is 0.223. The minimum absolute atomic E-state index is 0.246. The molecular formula is C17H16F4N4OS. The molecule has 2 atom stereocenters. The number of anilines is 1. The van der Waals surface area contributed by atoms with E-state index in [1.165, 1.54) is 25.1 Å². The third-order valence-corrected chi connectivity index (χ3v) is 5.08. The van der Waals surface area contributed by atoms with Crippen molar-refractivity contribution >= 4 is 28.8 Å². The first-order valence-corrected chi connectivity index (χ1v) is 8.45. The quantitative estimate of drug-likeness (QED) is 0.631.